The summed E-state index contributed by atoms with van der Waals surface area (Å²) in [4.78, 5) is 3.98. The molecule has 0 radical (unpaired) electrons. The van der Waals surface area contributed by atoms with Crippen molar-refractivity contribution >= 4 is 0 Å². The maximum absolute atomic E-state index is 5.78. The Labute approximate surface area is 113 Å². The fourth-order valence-corrected chi connectivity index (χ4v) is 1.68. The Balaban J connectivity index is 2.05. The van der Waals surface area contributed by atoms with Crippen molar-refractivity contribution in [2.24, 2.45) is 5.73 Å². The molecule has 2 rings (SSSR count). The van der Waals surface area contributed by atoms with E-state index in [1.54, 1.807) is 12.4 Å². The van der Waals surface area contributed by atoms with Crippen molar-refractivity contribution in [1.29, 1.82) is 0 Å². The molecule has 0 bridgehead atoms. The predicted octanol–water partition coefficient (Wildman–Crippen LogP) is 2.28. The lowest BCUT2D eigenvalue weighted by atomic mass is 10.1. The van der Waals surface area contributed by atoms with E-state index in [4.69, 9.17) is 10.5 Å². The summed E-state index contributed by atoms with van der Waals surface area (Å²) in [7, 11) is 0. The van der Waals surface area contributed by atoms with Crippen LogP contribution in [0.4, 0.5) is 0 Å². The molecule has 0 aliphatic rings. The maximum Gasteiger partial charge on any atom is 0.122 e. The zero-order valence-corrected chi connectivity index (χ0v) is 10.9. The number of hydrogen-bond donors (Lipinski definition) is 1. The second-order valence-corrected chi connectivity index (χ2v) is 4.13. The summed E-state index contributed by atoms with van der Waals surface area (Å²) in [5.74, 6) is 6.72. The molecule has 0 aliphatic heterocycles. The van der Waals surface area contributed by atoms with Gasteiger partial charge < -0.3 is 10.5 Å². The zero-order valence-electron chi connectivity index (χ0n) is 10.9. The molecular formula is C16H16N2O. The molecule has 0 spiro atoms. The van der Waals surface area contributed by atoms with Crippen molar-refractivity contribution in [1.82, 2.24) is 4.98 Å². The maximum atomic E-state index is 5.78. The van der Waals surface area contributed by atoms with Crippen LogP contribution in [0, 0.1) is 18.8 Å². The Hall–Kier alpha value is -2.31. The number of benzene rings is 1. The van der Waals surface area contributed by atoms with Crippen LogP contribution in [0.2, 0.25) is 0 Å². The van der Waals surface area contributed by atoms with E-state index in [9.17, 15) is 0 Å². The summed E-state index contributed by atoms with van der Waals surface area (Å²) in [5.41, 5.74) is 8.48. The summed E-state index contributed by atoms with van der Waals surface area (Å²) in [6, 6.07) is 9.77. The molecule has 1 heterocycles. The molecule has 0 saturated carbocycles. The number of ether oxygens (including phenoxy) is 1. The Morgan fingerprint density at radius 1 is 1.21 bits per heavy atom. The summed E-state index contributed by atoms with van der Waals surface area (Å²) >= 11 is 0. The molecule has 0 saturated heterocycles. The smallest absolute Gasteiger partial charge is 0.122 e. The SMILES string of the molecule is Cc1cc(C#CCN)ccc1OCc1ccncc1. The minimum atomic E-state index is 0.374. The summed E-state index contributed by atoms with van der Waals surface area (Å²) in [6.07, 6.45) is 3.52. The van der Waals surface area contributed by atoms with Gasteiger partial charge in [-0.2, -0.15) is 0 Å². The van der Waals surface area contributed by atoms with Crippen LogP contribution in [0.3, 0.4) is 0 Å². The molecule has 0 atom stereocenters. The Morgan fingerprint density at radius 3 is 2.68 bits per heavy atom. The van der Waals surface area contributed by atoms with Gasteiger partial charge in [0.15, 0.2) is 0 Å². The Bertz CT molecular complexity index is 597. The number of rotatable bonds is 3. The van der Waals surface area contributed by atoms with E-state index in [1.165, 1.54) is 0 Å². The van der Waals surface area contributed by atoms with Crippen molar-refractivity contribution in [2.45, 2.75) is 13.5 Å². The van der Waals surface area contributed by atoms with E-state index in [1.807, 2.05) is 37.3 Å². The molecule has 3 nitrogen and oxygen atoms in total. The van der Waals surface area contributed by atoms with Gasteiger partial charge in [0.25, 0.3) is 0 Å². The van der Waals surface area contributed by atoms with Gasteiger partial charge >= 0.3 is 0 Å². The highest BCUT2D eigenvalue weighted by Crippen LogP contribution is 2.19. The van der Waals surface area contributed by atoms with Crippen LogP contribution in [0.5, 0.6) is 5.75 Å². The molecular weight excluding hydrogens is 236 g/mol. The summed E-state index contributed by atoms with van der Waals surface area (Å²) in [5, 5.41) is 0. The third-order valence-electron chi connectivity index (χ3n) is 2.65. The second-order valence-electron chi connectivity index (χ2n) is 4.13. The third kappa shape index (κ3) is 3.84. The quantitative estimate of drug-likeness (QED) is 0.852. The number of aromatic nitrogens is 1. The highest BCUT2D eigenvalue weighted by molar-refractivity contribution is 5.43. The molecule has 1 aromatic heterocycles. The van der Waals surface area contributed by atoms with Crippen LogP contribution >= 0.6 is 0 Å². The first-order valence-electron chi connectivity index (χ1n) is 6.11. The third-order valence-corrected chi connectivity index (χ3v) is 2.65. The molecule has 2 N–H and O–H groups in total. The lowest BCUT2D eigenvalue weighted by Crippen LogP contribution is -1.97. The van der Waals surface area contributed by atoms with Gasteiger partial charge in [0, 0.05) is 18.0 Å². The fraction of sp³-hybridized carbons (Fsp3) is 0.188. The number of aryl methyl sites for hydroxylation is 1. The first-order valence-corrected chi connectivity index (χ1v) is 6.11. The molecule has 0 fully saturated rings. The van der Waals surface area contributed by atoms with Gasteiger partial charge in [-0.15, -0.1) is 0 Å². The molecule has 3 heteroatoms. The molecule has 2 aromatic rings. The van der Waals surface area contributed by atoms with Crippen LogP contribution in [0.1, 0.15) is 16.7 Å². The molecule has 0 aliphatic carbocycles. The van der Waals surface area contributed by atoms with Crippen molar-refractivity contribution in [2.75, 3.05) is 6.54 Å². The minimum Gasteiger partial charge on any atom is -0.489 e. The average Bonchev–Trinajstić information content (AvgIpc) is 2.45. The highest BCUT2D eigenvalue weighted by Gasteiger charge is 2.01. The van der Waals surface area contributed by atoms with Gasteiger partial charge in [-0.05, 0) is 48.4 Å². The normalized spacial score (nSPS) is 9.58. The van der Waals surface area contributed by atoms with Gasteiger partial charge in [0.05, 0.1) is 6.54 Å². The summed E-state index contributed by atoms with van der Waals surface area (Å²) in [6.45, 7) is 2.92. The second kappa shape index (κ2) is 6.58. The van der Waals surface area contributed by atoms with E-state index >= 15 is 0 Å². The van der Waals surface area contributed by atoms with E-state index in [0.29, 0.717) is 13.2 Å². The van der Waals surface area contributed by atoms with Crippen molar-refractivity contribution in [3.8, 4) is 17.6 Å². The van der Waals surface area contributed by atoms with E-state index in [-0.39, 0.29) is 0 Å². The number of pyridine rings is 1. The molecule has 96 valence electrons. The lowest BCUT2D eigenvalue weighted by Gasteiger charge is -2.09. The van der Waals surface area contributed by atoms with Crippen LogP contribution in [0.25, 0.3) is 0 Å². The van der Waals surface area contributed by atoms with Crippen molar-refractivity contribution in [3.63, 3.8) is 0 Å². The number of nitrogens with zero attached hydrogens (tertiary/aromatic N) is 1. The Kier molecular flexibility index (Phi) is 4.54. The van der Waals surface area contributed by atoms with E-state index in [0.717, 1.165) is 22.4 Å². The van der Waals surface area contributed by atoms with Gasteiger partial charge in [0.2, 0.25) is 0 Å². The minimum absolute atomic E-state index is 0.374. The van der Waals surface area contributed by atoms with E-state index < -0.39 is 0 Å². The van der Waals surface area contributed by atoms with Crippen LogP contribution in [0.15, 0.2) is 42.7 Å². The first-order chi connectivity index (χ1) is 9.29. The monoisotopic (exact) mass is 252 g/mol. The molecule has 19 heavy (non-hydrogen) atoms. The van der Waals surface area contributed by atoms with Gasteiger partial charge in [-0.1, -0.05) is 11.8 Å². The largest absolute Gasteiger partial charge is 0.489 e. The van der Waals surface area contributed by atoms with Crippen LogP contribution in [-0.4, -0.2) is 11.5 Å². The van der Waals surface area contributed by atoms with Crippen molar-refractivity contribution < 1.29 is 4.74 Å². The van der Waals surface area contributed by atoms with Gasteiger partial charge in [-0.3, -0.25) is 4.98 Å². The van der Waals surface area contributed by atoms with Crippen LogP contribution < -0.4 is 10.5 Å². The summed E-state index contributed by atoms with van der Waals surface area (Å²) < 4.78 is 5.78. The molecule has 0 amide bonds. The van der Waals surface area contributed by atoms with Crippen molar-refractivity contribution in [3.05, 3.63) is 59.4 Å². The standard InChI is InChI=1S/C16H16N2O/c1-13-11-14(3-2-8-17)4-5-16(13)19-12-15-6-9-18-10-7-15/h4-7,9-11H,8,12,17H2,1H3. The average molecular weight is 252 g/mol. The lowest BCUT2D eigenvalue weighted by molar-refractivity contribution is 0.304. The van der Waals surface area contributed by atoms with Gasteiger partial charge in [-0.25, -0.2) is 0 Å². The molecule has 0 unspecified atom stereocenters. The Morgan fingerprint density at radius 2 is 2.00 bits per heavy atom. The van der Waals surface area contributed by atoms with Crippen LogP contribution in [-0.2, 0) is 6.61 Å². The molecule has 1 aromatic carbocycles. The number of hydrogen-bond acceptors (Lipinski definition) is 3. The highest BCUT2D eigenvalue weighted by atomic mass is 16.5. The predicted molar refractivity (Wildman–Crippen MR) is 75.7 cm³/mol. The number of nitrogens with two attached hydrogens (primary N) is 1. The zero-order chi connectivity index (χ0) is 13.5. The van der Waals surface area contributed by atoms with Gasteiger partial charge in [0.1, 0.15) is 12.4 Å². The fourth-order valence-electron chi connectivity index (χ4n) is 1.68. The van der Waals surface area contributed by atoms with E-state index in [2.05, 4.69) is 16.8 Å². The topological polar surface area (TPSA) is 48.1 Å². The first kappa shape index (κ1) is 13.1.